The van der Waals surface area contributed by atoms with Crippen LogP contribution in [0, 0.1) is 0 Å². The molecule has 1 N–H and O–H groups in total. The number of benzene rings is 1. The molecule has 0 aromatic heterocycles. The molecule has 68 valence electrons. The van der Waals surface area contributed by atoms with Crippen LogP contribution in [0.5, 0.6) is 5.75 Å². The monoisotopic (exact) mass is 178 g/mol. The van der Waals surface area contributed by atoms with Crippen molar-refractivity contribution in [3.63, 3.8) is 0 Å². The minimum atomic E-state index is 0.0666. The fourth-order valence-electron chi connectivity index (χ4n) is 1.13. The SMILES string of the molecule is O=CCCc1ccc(O)cc1C=O. The molecule has 1 rings (SSSR count). The summed E-state index contributed by atoms with van der Waals surface area (Å²) in [4.78, 5) is 20.7. The van der Waals surface area contributed by atoms with Gasteiger partial charge in [0.05, 0.1) is 0 Å². The van der Waals surface area contributed by atoms with E-state index in [-0.39, 0.29) is 5.75 Å². The van der Waals surface area contributed by atoms with E-state index in [1.807, 2.05) is 0 Å². The third-order valence-corrected chi connectivity index (χ3v) is 1.79. The zero-order valence-electron chi connectivity index (χ0n) is 7.06. The van der Waals surface area contributed by atoms with Crippen LogP contribution >= 0.6 is 0 Å². The summed E-state index contributed by atoms with van der Waals surface area (Å²) in [7, 11) is 0. The van der Waals surface area contributed by atoms with E-state index in [4.69, 9.17) is 5.11 Å². The summed E-state index contributed by atoms with van der Waals surface area (Å²) in [6.07, 6.45) is 2.42. The van der Waals surface area contributed by atoms with Gasteiger partial charge in [-0.3, -0.25) is 4.79 Å². The highest BCUT2D eigenvalue weighted by Gasteiger charge is 2.01. The topological polar surface area (TPSA) is 54.4 Å². The van der Waals surface area contributed by atoms with Gasteiger partial charge in [-0.25, -0.2) is 0 Å². The molecule has 0 radical (unpaired) electrons. The van der Waals surface area contributed by atoms with Crippen molar-refractivity contribution in [3.05, 3.63) is 29.3 Å². The maximum absolute atomic E-state index is 10.5. The van der Waals surface area contributed by atoms with Gasteiger partial charge in [0.1, 0.15) is 18.3 Å². The minimum Gasteiger partial charge on any atom is -0.508 e. The van der Waals surface area contributed by atoms with Crippen molar-refractivity contribution in [1.29, 1.82) is 0 Å². The molecular weight excluding hydrogens is 168 g/mol. The van der Waals surface area contributed by atoms with Gasteiger partial charge in [0.2, 0.25) is 0 Å². The van der Waals surface area contributed by atoms with Crippen molar-refractivity contribution in [3.8, 4) is 5.75 Å². The van der Waals surface area contributed by atoms with Crippen LogP contribution < -0.4 is 0 Å². The Hall–Kier alpha value is -1.64. The third-order valence-electron chi connectivity index (χ3n) is 1.79. The Bertz CT molecular complexity index is 318. The second-order valence-electron chi connectivity index (χ2n) is 2.71. The smallest absolute Gasteiger partial charge is 0.150 e. The fraction of sp³-hybridized carbons (Fsp3) is 0.200. The molecule has 0 aliphatic carbocycles. The first-order valence-electron chi connectivity index (χ1n) is 3.98. The van der Waals surface area contributed by atoms with Crippen LogP contribution in [0.2, 0.25) is 0 Å². The van der Waals surface area contributed by atoms with Crippen molar-refractivity contribution in [2.75, 3.05) is 0 Å². The van der Waals surface area contributed by atoms with Gasteiger partial charge < -0.3 is 9.90 Å². The minimum absolute atomic E-state index is 0.0666. The van der Waals surface area contributed by atoms with E-state index in [0.717, 1.165) is 11.8 Å². The highest BCUT2D eigenvalue weighted by atomic mass is 16.3. The normalized spacial score (nSPS) is 9.54. The van der Waals surface area contributed by atoms with Crippen LogP contribution in [0.3, 0.4) is 0 Å². The maximum atomic E-state index is 10.5. The molecule has 0 aliphatic rings. The van der Waals surface area contributed by atoms with Crippen LogP contribution in [0.4, 0.5) is 0 Å². The summed E-state index contributed by atoms with van der Waals surface area (Å²) >= 11 is 0. The fourth-order valence-corrected chi connectivity index (χ4v) is 1.13. The Morgan fingerprint density at radius 2 is 2.08 bits per heavy atom. The lowest BCUT2D eigenvalue weighted by Gasteiger charge is -2.02. The molecule has 0 fully saturated rings. The maximum Gasteiger partial charge on any atom is 0.150 e. The average molecular weight is 178 g/mol. The summed E-state index contributed by atoms with van der Waals surface area (Å²) in [6, 6.07) is 4.56. The van der Waals surface area contributed by atoms with Crippen molar-refractivity contribution >= 4 is 12.6 Å². The van der Waals surface area contributed by atoms with Gasteiger partial charge in [0, 0.05) is 12.0 Å². The number of phenolic OH excluding ortho intramolecular Hbond substituents is 1. The van der Waals surface area contributed by atoms with E-state index in [0.29, 0.717) is 24.7 Å². The summed E-state index contributed by atoms with van der Waals surface area (Å²) in [5, 5.41) is 9.07. The highest BCUT2D eigenvalue weighted by molar-refractivity contribution is 5.78. The van der Waals surface area contributed by atoms with Crippen LogP contribution in [0.1, 0.15) is 22.3 Å². The molecule has 1 aromatic carbocycles. The Morgan fingerprint density at radius 1 is 1.31 bits per heavy atom. The molecular formula is C10H10O3. The number of aromatic hydroxyl groups is 1. The second-order valence-corrected chi connectivity index (χ2v) is 2.71. The summed E-state index contributed by atoms with van der Waals surface area (Å²) in [6.45, 7) is 0. The van der Waals surface area contributed by atoms with Gasteiger partial charge in [0.15, 0.2) is 0 Å². The lowest BCUT2D eigenvalue weighted by molar-refractivity contribution is -0.107. The molecule has 0 saturated heterocycles. The molecule has 0 saturated carbocycles. The summed E-state index contributed by atoms with van der Waals surface area (Å²) < 4.78 is 0. The lowest BCUT2D eigenvalue weighted by atomic mass is 10.0. The van der Waals surface area contributed by atoms with Crippen molar-refractivity contribution in [2.45, 2.75) is 12.8 Å². The first-order valence-corrected chi connectivity index (χ1v) is 3.98. The number of carbonyl (C=O) groups excluding carboxylic acids is 2. The van der Waals surface area contributed by atoms with Gasteiger partial charge in [0.25, 0.3) is 0 Å². The zero-order chi connectivity index (χ0) is 9.68. The van der Waals surface area contributed by atoms with Crippen LogP contribution in [-0.4, -0.2) is 17.7 Å². The van der Waals surface area contributed by atoms with Crippen molar-refractivity contribution in [2.24, 2.45) is 0 Å². The second kappa shape index (κ2) is 4.40. The molecule has 0 aliphatic heterocycles. The first-order chi connectivity index (χ1) is 6.27. The van der Waals surface area contributed by atoms with E-state index in [1.165, 1.54) is 12.1 Å². The number of phenols is 1. The molecule has 0 heterocycles. The van der Waals surface area contributed by atoms with E-state index < -0.39 is 0 Å². The lowest BCUT2D eigenvalue weighted by Crippen LogP contribution is -1.93. The number of aldehydes is 2. The number of aryl methyl sites for hydroxylation is 1. The highest BCUT2D eigenvalue weighted by Crippen LogP contribution is 2.15. The number of carbonyl (C=O) groups is 2. The Morgan fingerprint density at radius 3 is 2.69 bits per heavy atom. The molecule has 3 heteroatoms. The Labute approximate surface area is 76.0 Å². The Balaban J connectivity index is 2.91. The zero-order valence-corrected chi connectivity index (χ0v) is 7.06. The van der Waals surface area contributed by atoms with Gasteiger partial charge in [-0.2, -0.15) is 0 Å². The predicted molar refractivity (Wildman–Crippen MR) is 47.9 cm³/mol. The van der Waals surface area contributed by atoms with E-state index in [9.17, 15) is 9.59 Å². The number of rotatable bonds is 4. The van der Waals surface area contributed by atoms with Crippen LogP contribution in [0.25, 0.3) is 0 Å². The molecule has 0 unspecified atom stereocenters. The average Bonchev–Trinajstić information content (AvgIpc) is 2.16. The van der Waals surface area contributed by atoms with Crippen molar-refractivity contribution < 1.29 is 14.7 Å². The van der Waals surface area contributed by atoms with Gasteiger partial charge in [-0.05, 0) is 24.1 Å². The quantitative estimate of drug-likeness (QED) is 0.708. The number of hydrogen-bond donors (Lipinski definition) is 1. The van der Waals surface area contributed by atoms with Crippen molar-refractivity contribution in [1.82, 2.24) is 0 Å². The van der Waals surface area contributed by atoms with Gasteiger partial charge in [-0.1, -0.05) is 6.07 Å². The molecule has 3 nitrogen and oxygen atoms in total. The predicted octanol–water partition coefficient (Wildman–Crippen LogP) is 1.34. The van der Waals surface area contributed by atoms with Gasteiger partial charge in [-0.15, -0.1) is 0 Å². The first kappa shape index (κ1) is 9.45. The number of hydrogen-bond acceptors (Lipinski definition) is 3. The van der Waals surface area contributed by atoms with E-state index in [1.54, 1.807) is 6.07 Å². The molecule has 0 spiro atoms. The van der Waals surface area contributed by atoms with Crippen LogP contribution in [-0.2, 0) is 11.2 Å². The molecule has 0 amide bonds. The van der Waals surface area contributed by atoms with E-state index in [2.05, 4.69) is 0 Å². The molecule has 0 bridgehead atoms. The summed E-state index contributed by atoms with van der Waals surface area (Å²) in [5.41, 5.74) is 1.24. The Kier molecular flexibility index (Phi) is 3.20. The van der Waals surface area contributed by atoms with E-state index >= 15 is 0 Å². The third kappa shape index (κ3) is 2.40. The largest absolute Gasteiger partial charge is 0.508 e. The standard InChI is InChI=1S/C10H10O3/c11-5-1-2-8-3-4-10(13)6-9(8)7-12/h3-7,13H,1-2H2. The molecule has 13 heavy (non-hydrogen) atoms. The van der Waals surface area contributed by atoms with Crippen LogP contribution in [0.15, 0.2) is 18.2 Å². The van der Waals surface area contributed by atoms with Gasteiger partial charge >= 0.3 is 0 Å². The molecule has 1 aromatic rings. The molecule has 0 atom stereocenters. The summed E-state index contributed by atoms with van der Waals surface area (Å²) in [5.74, 6) is 0.0666.